The molecule has 0 unspecified atom stereocenters. The molecule has 1 saturated heterocycles. The minimum absolute atomic E-state index is 0.0143. The summed E-state index contributed by atoms with van der Waals surface area (Å²) in [5, 5.41) is -0.372. The van der Waals surface area contributed by atoms with Crippen LogP contribution in [0, 0.1) is 5.92 Å². The van der Waals surface area contributed by atoms with Gasteiger partial charge in [-0.25, -0.2) is 12.7 Å². The van der Waals surface area contributed by atoms with Gasteiger partial charge in [-0.15, -0.1) is 0 Å². The zero-order chi connectivity index (χ0) is 15.5. The van der Waals surface area contributed by atoms with E-state index in [0.717, 1.165) is 11.3 Å². The lowest BCUT2D eigenvalue weighted by Crippen LogP contribution is -2.44. The summed E-state index contributed by atoms with van der Waals surface area (Å²) in [4.78, 5) is 0. The molecule has 118 valence electrons. The van der Waals surface area contributed by atoms with Crippen molar-refractivity contribution < 1.29 is 17.9 Å². The fraction of sp³-hybridized carbons (Fsp3) is 0.600. The average Bonchev–Trinajstić information content (AvgIpc) is 2.48. The van der Waals surface area contributed by atoms with Crippen molar-refractivity contribution in [2.75, 3.05) is 34.4 Å². The first kappa shape index (κ1) is 16.3. The summed E-state index contributed by atoms with van der Waals surface area (Å²) < 4.78 is 36.8. The molecular formula is C15H23NO4S. The molecule has 1 aliphatic heterocycles. The standard InChI is InChI=1S/C15H23NO4S/c1-16(2)21(17,18)15-8-9-20-11-13(15)10-12-4-6-14(19-3)7-5-12/h4-7,13,15H,8-11H2,1-3H3/t13-,15+/m0/s1. The van der Waals surface area contributed by atoms with Crippen molar-refractivity contribution in [2.45, 2.75) is 18.1 Å². The van der Waals surface area contributed by atoms with Crippen LogP contribution < -0.4 is 4.74 Å². The predicted octanol–water partition coefficient (Wildman–Crippen LogP) is 1.53. The maximum absolute atomic E-state index is 12.4. The van der Waals surface area contributed by atoms with Gasteiger partial charge < -0.3 is 9.47 Å². The second kappa shape index (κ2) is 6.77. The Balaban J connectivity index is 2.15. The highest BCUT2D eigenvalue weighted by atomic mass is 32.2. The summed E-state index contributed by atoms with van der Waals surface area (Å²) >= 11 is 0. The van der Waals surface area contributed by atoms with Crippen LogP contribution in [0.2, 0.25) is 0 Å². The van der Waals surface area contributed by atoms with Crippen LogP contribution in [-0.2, 0) is 21.2 Å². The van der Waals surface area contributed by atoms with E-state index in [2.05, 4.69) is 0 Å². The van der Waals surface area contributed by atoms with Gasteiger partial charge in [0.05, 0.1) is 19.0 Å². The molecule has 1 aliphatic rings. The number of sulfonamides is 1. The van der Waals surface area contributed by atoms with E-state index in [-0.39, 0.29) is 11.2 Å². The Hall–Kier alpha value is -1.11. The summed E-state index contributed by atoms with van der Waals surface area (Å²) in [7, 11) is 1.56. The van der Waals surface area contributed by atoms with Crippen LogP contribution in [0.1, 0.15) is 12.0 Å². The number of benzene rings is 1. The first-order valence-corrected chi connectivity index (χ1v) is 8.57. The zero-order valence-electron chi connectivity index (χ0n) is 12.8. The Morgan fingerprint density at radius 2 is 1.95 bits per heavy atom. The van der Waals surface area contributed by atoms with Gasteiger partial charge in [0.2, 0.25) is 10.0 Å². The molecule has 0 N–H and O–H groups in total. The molecule has 0 radical (unpaired) electrons. The second-order valence-electron chi connectivity index (χ2n) is 5.54. The molecule has 21 heavy (non-hydrogen) atoms. The van der Waals surface area contributed by atoms with E-state index < -0.39 is 10.0 Å². The Bertz CT molecular complexity index is 554. The monoisotopic (exact) mass is 313 g/mol. The van der Waals surface area contributed by atoms with Gasteiger partial charge in [-0.05, 0) is 30.5 Å². The third-order valence-electron chi connectivity index (χ3n) is 3.95. The lowest BCUT2D eigenvalue weighted by molar-refractivity contribution is 0.0563. The lowest BCUT2D eigenvalue weighted by Gasteiger charge is -2.33. The van der Waals surface area contributed by atoms with Crippen LogP contribution in [0.4, 0.5) is 0 Å². The van der Waals surface area contributed by atoms with Crippen molar-refractivity contribution in [2.24, 2.45) is 5.92 Å². The van der Waals surface area contributed by atoms with Crippen molar-refractivity contribution >= 4 is 10.0 Å². The van der Waals surface area contributed by atoms with Crippen LogP contribution in [-0.4, -0.2) is 52.4 Å². The molecule has 1 fully saturated rings. The van der Waals surface area contributed by atoms with Gasteiger partial charge in [0.25, 0.3) is 0 Å². The van der Waals surface area contributed by atoms with Gasteiger partial charge >= 0.3 is 0 Å². The maximum atomic E-state index is 12.4. The molecule has 1 heterocycles. The number of ether oxygens (including phenoxy) is 2. The maximum Gasteiger partial charge on any atom is 0.216 e. The summed E-state index contributed by atoms with van der Waals surface area (Å²) in [6.07, 6.45) is 1.25. The number of hydrogen-bond acceptors (Lipinski definition) is 4. The molecular weight excluding hydrogens is 290 g/mol. The van der Waals surface area contributed by atoms with Gasteiger partial charge in [0.1, 0.15) is 5.75 Å². The van der Waals surface area contributed by atoms with Crippen LogP contribution in [0.25, 0.3) is 0 Å². The third-order valence-corrected chi connectivity index (χ3v) is 6.36. The van der Waals surface area contributed by atoms with Crippen molar-refractivity contribution in [3.05, 3.63) is 29.8 Å². The van der Waals surface area contributed by atoms with Gasteiger partial charge in [0, 0.05) is 26.6 Å². The number of nitrogens with zero attached hydrogens (tertiary/aromatic N) is 1. The quantitative estimate of drug-likeness (QED) is 0.827. The summed E-state index contributed by atoms with van der Waals surface area (Å²) in [6, 6.07) is 7.75. The summed E-state index contributed by atoms with van der Waals surface area (Å²) in [5.41, 5.74) is 1.10. The van der Waals surface area contributed by atoms with Crippen molar-refractivity contribution in [1.82, 2.24) is 4.31 Å². The highest BCUT2D eigenvalue weighted by molar-refractivity contribution is 7.89. The Kier molecular flexibility index (Phi) is 5.24. The van der Waals surface area contributed by atoms with E-state index >= 15 is 0 Å². The normalized spacial score (nSPS) is 23.2. The van der Waals surface area contributed by atoms with E-state index in [1.807, 2.05) is 24.3 Å². The van der Waals surface area contributed by atoms with Gasteiger partial charge in [0.15, 0.2) is 0 Å². The lowest BCUT2D eigenvalue weighted by atomic mass is 9.93. The predicted molar refractivity (Wildman–Crippen MR) is 82.0 cm³/mol. The molecule has 0 aliphatic carbocycles. The second-order valence-corrected chi connectivity index (χ2v) is 7.91. The average molecular weight is 313 g/mol. The highest BCUT2D eigenvalue weighted by Crippen LogP contribution is 2.27. The third kappa shape index (κ3) is 3.75. The topological polar surface area (TPSA) is 55.8 Å². The van der Waals surface area contributed by atoms with Crippen LogP contribution in [0.3, 0.4) is 0 Å². The molecule has 2 atom stereocenters. The molecule has 2 rings (SSSR count). The highest BCUT2D eigenvalue weighted by Gasteiger charge is 2.37. The molecule has 1 aromatic rings. The minimum atomic E-state index is -3.25. The van der Waals surface area contributed by atoms with Crippen LogP contribution >= 0.6 is 0 Å². The van der Waals surface area contributed by atoms with E-state index in [1.165, 1.54) is 4.31 Å². The molecule has 6 heteroatoms. The Morgan fingerprint density at radius 1 is 1.29 bits per heavy atom. The van der Waals surface area contributed by atoms with Crippen molar-refractivity contribution in [1.29, 1.82) is 0 Å². The van der Waals surface area contributed by atoms with E-state index in [9.17, 15) is 8.42 Å². The smallest absolute Gasteiger partial charge is 0.216 e. The first-order chi connectivity index (χ1) is 9.95. The molecule has 0 saturated carbocycles. The largest absolute Gasteiger partial charge is 0.497 e. The minimum Gasteiger partial charge on any atom is -0.497 e. The molecule has 0 aromatic heterocycles. The van der Waals surface area contributed by atoms with Gasteiger partial charge in [-0.1, -0.05) is 12.1 Å². The van der Waals surface area contributed by atoms with Crippen molar-refractivity contribution in [3.63, 3.8) is 0 Å². The number of hydrogen-bond donors (Lipinski definition) is 0. The molecule has 0 amide bonds. The molecule has 1 aromatic carbocycles. The molecule has 0 spiro atoms. The van der Waals surface area contributed by atoms with Crippen molar-refractivity contribution in [3.8, 4) is 5.75 Å². The van der Waals surface area contributed by atoms with Gasteiger partial charge in [-0.2, -0.15) is 0 Å². The fourth-order valence-corrected chi connectivity index (χ4v) is 4.29. The Morgan fingerprint density at radius 3 is 2.52 bits per heavy atom. The summed E-state index contributed by atoms with van der Waals surface area (Å²) in [5.74, 6) is 0.788. The van der Waals surface area contributed by atoms with Gasteiger partial charge in [-0.3, -0.25) is 0 Å². The van der Waals surface area contributed by atoms with Crippen LogP contribution in [0.5, 0.6) is 5.75 Å². The van der Waals surface area contributed by atoms with E-state index in [4.69, 9.17) is 9.47 Å². The number of methoxy groups -OCH3 is 1. The fourth-order valence-electron chi connectivity index (χ4n) is 2.69. The Labute approximate surface area is 126 Å². The van der Waals surface area contributed by atoms with Crippen LogP contribution in [0.15, 0.2) is 24.3 Å². The SMILES string of the molecule is COc1ccc(C[C@H]2COCC[C@H]2S(=O)(=O)N(C)C)cc1. The van der Waals surface area contributed by atoms with E-state index in [0.29, 0.717) is 26.1 Å². The molecule has 0 bridgehead atoms. The number of rotatable bonds is 5. The summed E-state index contributed by atoms with van der Waals surface area (Å²) in [6.45, 7) is 1.00. The first-order valence-electron chi connectivity index (χ1n) is 7.07. The van der Waals surface area contributed by atoms with E-state index in [1.54, 1.807) is 21.2 Å². The zero-order valence-corrected chi connectivity index (χ0v) is 13.6. The molecule has 5 nitrogen and oxygen atoms in total.